The predicted octanol–water partition coefficient (Wildman–Crippen LogP) is 4.99. The van der Waals surface area contributed by atoms with Crippen LogP contribution in [0, 0.1) is 0 Å². The third kappa shape index (κ3) is 5.37. The maximum absolute atomic E-state index is 12.2. The molecule has 0 heterocycles. The minimum absolute atomic E-state index is 0.210. The number of amides is 1. The minimum Gasteiger partial charge on any atom is -0.496 e. The molecule has 3 rings (SSSR count). The van der Waals surface area contributed by atoms with E-state index >= 15 is 0 Å². The molecular formula is C22H16Cl2N2O4. The van der Waals surface area contributed by atoms with Crippen molar-refractivity contribution in [1.82, 2.24) is 5.43 Å². The van der Waals surface area contributed by atoms with Gasteiger partial charge in [-0.2, -0.15) is 5.10 Å². The molecule has 152 valence electrons. The first kappa shape index (κ1) is 21.4. The summed E-state index contributed by atoms with van der Waals surface area (Å²) >= 11 is 11.8. The van der Waals surface area contributed by atoms with Gasteiger partial charge in [0.15, 0.2) is 0 Å². The van der Waals surface area contributed by atoms with Crippen molar-refractivity contribution < 1.29 is 19.1 Å². The van der Waals surface area contributed by atoms with E-state index in [0.29, 0.717) is 27.6 Å². The van der Waals surface area contributed by atoms with Crippen LogP contribution in [0.4, 0.5) is 0 Å². The number of hydrogen-bond acceptors (Lipinski definition) is 5. The Morgan fingerprint density at radius 2 is 1.70 bits per heavy atom. The molecule has 0 atom stereocenters. The highest BCUT2D eigenvalue weighted by Gasteiger charge is 2.13. The molecule has 0 unspecified atom stereocenters. The van der Waals surface area contributed by atoms with E-state index in [2.05, 4.69) is 10.5 Å². The van der Waals surface area contributed by atoms with Crippen molar-refractivity contribution >= 4 is 41.3 Å². The maximum Gasteiger partial charge on any atom is 0.345 e. The smallest absolute Gasteiger partial charge is 0.345 e. The summed E-state index contributed by atoms with van der Waals surface area (Å²) in [6.45, 7) is 0. The molecular weight excluding hydrogens is 427 g/mol. The standard InChI is InChI=1S/C22H16Cl2N2O4/c1-29-20-5-3-2-4-18(20)21(27)26-25-13-14-6-9-16(10-7-14)30-22(28)17-11-8-15(23)12-19(17)24/h2-13H,1H3,(H,26,27). The Balaban J connectivity index is 1.60. The first-order valence-corrected chi connectivity index (χ1v) is 9.47. The molecule has 0 fully saturated rings. The number of carbonyl (C=O) groups excluding carboxylic acids is 2. The topological polar surface area (TPSA) is 77.0 Å². The van der Waals surface area contributed by atoms with Crippen LogP contribution in [0.2, 0.25) is 10.0 Å². The van der Waals surface area contributed by atoms with Crippen LogP contribution in [0.3, 0.4) is 0 Å². The molecule has 0 saturated carbocycles. The zero-order valence-corrected chi connectivity index (χ0v) is 17.3. The van der Waals surface area contributed by atoms with E-state index in [4.69, 9.17) is 32.7 Å². The molecule has 1 amide bonds. The van der Waals surface area contributed by atoms with Gasteiger partial charge in [-0.25, -0.2) is 10.2 Å². The zero-order valence-electron chi connectivity index (χ0n) is 15.8. The lowest BCUT2D eigenvalue weighted by Gasteiger charge is -2.07. The van der Waals surface area contributed by atoms with Crippen LogP contribution in [0.5, 0.6) is 11.5 Å². The Morgan fingerprint density at radius 3 is 2.40 bits per heavy atom. The zero-order chi connectivity index (χ0) is 21.5. The molecule has 0 aliphatic carbocycles. The molecule has 30 heavy (non-hydrogen) atoms. The normalized spacial score (nSPS) is 10.6. The van der Waals surface area contributed by atoms with E-state index in [9.17, 15) is 9.59 Å². The number of benzene rings is 3. The summed E-state index contributed by atoms with van der Waals surface area (Å²) in [4.78, 5) is 24.4. The van der Waals surface area contributed by atoms with Crippen LogP contribution in [-0.4, -0.2) is 25.2 Å². The number of carbonyl (C=O) groups is 2. The lowest BCUT2D eigenvalue weighted by atomic mass is 10.2. The molecule has 8 heteroatoms. The molecule has 0 saturated heterocycles. The third-order valence-electron chi connectivity index (χ3n) is 3.97. The second-order valence-corrected chi connectivity index (χ2v) is 6.83. The predicted molar refractivity (Wildman–Crippen MR) is 116 cm³/mol. The first-order valence-electron chi connectivity index (χ1n) is 8.71. The molecule has 0 aliphatic heterocycles. The van der Waals surface area contributed by atoms with E-state index < -0.39 is 11.9 Å². The van der Waals surface area contributed by atoms with Crippen LogP contribution < -0.4 is 14.9 Å². The van der Waals surface area contributed by atoms with Crippen LogP contribution in [0.1, 0.15) is 26.3 Å². The molecule has 0 aromatic heterocycles. The Hall–Kier alpha value is -3.35. The summed E-state index contributed by atoms with van der Waals surface area (Å²) in [7, 11) is 1.49. The number of esters is 1. The largest absolute Gasteiger partial charge is 0.496 e. The van der Waals surface area contributed by atoms with E-state index in [-0.39, 0.29) is 10.6 Å². The monoisotopic (exact) mass is 442 g/mol. The highest BCUT2D eigenvalue weighted by molar-refractivity contribution is 6.36. The van der Waals surface area contributed by atoms with E-state index in [1.165, 1.54) is 25.5 Å². The molecule has 0 aliphatic rings. The molecule has 0 radical (unpaired) electrons. The second kappa shape index (κ2) is 9.91. The highest BCUT2D eigenvalue weighted by atomic mass is 35.5. The van der Waals surface area contributed by atoms with Gasteiger partial charge in [0, 0.05) is 5.02 Å². The van der Waals surface area contributed by atoms with Crippen LogP contribution in [0.15, 0.2) is 71.8 Å². The van der Waals surface area contributed by atoms with Crippen molar-refractivity contribution in [2.45, 2.75) is 0 Å². The van der Waals surface area contributed by atoms with E-state index in [0.717, 1.165) is 0 Å². The molecule has 6 nitrogen and oxygen atoms in total. The van der Waals surface area contributed by atoms with Crippen molar-refractivity contribution in [2.24, 2.45) is 5.10 Å². The summed E-state index contributed by atoms with van der Waals surface area (Å²) in [5.41, 5.74) is 3.72. The van der Waals surface area contributed by atoms with Crippen LogP contribution in [0.25, 0.3) is 0 Å². The van der Waals surface area contributed by atoms with E-state index in [1.807, 2.05) is 0 Å². The van der Waals surface area contributed by atoms with Gasteiger partial charge >= 0.3 is 5.97 Å². The number of halogens is 2. The minimum atomic E-state index is -0.595. The van der Waals surface area contributed by atoms with Crippen molar-refractivity contribution in [1.29, 1.82) is 0 Å². The number of hydrogen-bond donors (Lipinski definition) is 1. The maximum atomic E-state index is 12.2. The van der Waals surface area contributed by atoms with Crippen LogP contribution in [-0.2, 0) is 0 Å². The van der Waals surface area contributed by atoms with Gasteiger partial charge in [-0.3, -0.25) is 4.79 Å². The Kier molecular flexibility index (Phi) is 7.06. The van der Waals surface area contributed by atoms with Crippen molar-refractivity contribution in [3.05, 3.63) is 93.5 Å². The summed E-state index contributed by atoms with van der Waals surface area (Å²) in [6.07, 6.45) is 1.47. The molecule has 0 bridgehead atoms. The lowest BCUT2D eigenvalue weighted by Crippen LogP contribution is -2.18. The Morgan fingerprint density at radius 1 is 0.967 bits per heavy atom. The number of ether oxygens (including phenoxy) is 2. The fourth-order valence-corrected chi connectivity index (χ4v) is 2.98. The fraction of sp³-hybridized carbons (Fsp3) is 0.0455. The third-order valence-corrected chi connectivity index (χ3v) is 4.52. The summed E-state index contributed by atoms with van der Waals surface area (Å²) < 4.78 is 10.5. The number of rotatable bonds is 6. The second-order valence-electron chi connectivity index (χ2n) is 5.98. The molecule has 3 aromatic carbocycles. The average molecular weight is 443 g/mol. The van der Waals surface area contributed by atoms with Crippen molar-refractivity contribution in [3.63, 3.8) is 0 Å². The van der Waals surface area contributed by atoms with Gasteiger partial charge in [-0.15, -0.1) is 0 Å². The average Bonchev–Trinajstić information content (AvgIpc) is 2.74. The first-order chi connectivity index (χ1) is 14.5. The molecule has 1 N–H and O–H groups in total. The van der Waals surface area contributed by atoms with Gasteiger partial charge < -0.3 is 9.47 Å². The van der Waals surface area contributed by atoms with Gasteiger partial charge in [0.25, 0.3) is 5.91 Å². The number of methoxy groups -OCH3 is 1. The lowest BCUT2D eigenvalue weighted by molar-refractivity contribution is 0.0734. The summed E-state index contributed by atoms with van der Waals surface area (Å²) in [5, 5.41) is 4.57. The van der Waals surface area contributed by atoms with Gasteiger partial charge in [0.2, 0.25) is 0 Å². The fourth-order valence-electron chi connectivity index (χ4n) is 2.50. The summed E-state index contributed by atoms with van der Waals surface area (Å²) in [6, 6.07) is 17.9. The number of hydrazone groups is 1. The number of para-hydroxylation sites is 1. The quantitative estimate of drug-likeness (QED) is 0.252. The van der Waals surface area contributed by atoms with Gasteiger partial charge in [0.1, 0.15) is 11.5 Å². The SMILES string of the molecule is COc1ccccc1C(=O)NN=Cc1ccc(OC(=O)c2ccc(Cl)cc2Cl)cc1. The highest BCUT2D eigenvalue weighted by Crippen LogP contribution is 2.23. The Labute approximate surface area is 183 Å². The van der Waals surface area contributed by atoms with Crippen LogP contribution >= 0.6 is 23.2 Å². The Bertz CT molecular complexity index is 1100. The van der Waals surface area contributed by atoms with Crippen molar-refractivity contribution in [3.8, 4) is 11.5 Å². The van der Waals surface area contributed by atoms with E-state index in [1.54, 1.807) is 54.6 Å². The molecule has 0 spiro atoms. The number of nitrogens with zero attached hydrogens (tertiary/aromatic N) is 1. The van der Waals surface area contributed by atoms with Crippen molar-refractivity contribution in [2.75, 3.05) is 7.11 Å². The van der Waals surface area contributed by atoms with Gasteiger partial charge in [0.05, 0.1) is 29.5 Å². The van der Waals surface area contributed by atoms with Gasteiger partial charge in [-0.05, 0) is 60.2 Å². The molecule has 3 aromatic rings. The number of nitrogens with one attached hydrogen (secondary N) is 1. The van der Waals surface area contributed by atoms with Gasteiger partial charge in [-0.1, -0.05) is 35.3 Å². The summed E-state index contributed by atoms with van der Waals surface area (Å²) in [5.74, 6) is -0.199.